The Morgan fingerprint density at radius 2 is 1.82 bits per heavy atom. The number of ether oxygens (including phenoxy) is 1. The van der Waals surface area contributed by atoms with Gasteiger partial charge in [0.25, 0.3) is 0 Å². The van der Waals surface area contributed by atoms with Gasteiger partial charge in [-0.2, -0.15) is 0 Å². The summed E-state index contributed by atoms with van der Waals surface area (Å²) < 4.78 is 5.43. The first-order valence-electron chi connectivity index (χ1n) is 9.69. The third-order valence-electron chi connectivity index (χ3n) is 6.23. The van der Waals surface area contributed by atoms with Crippen molar-refractivity contribution in [2.45, 2.75) is 36.9 Å². The number of carboxylic acids is 1. The van der Waals surface area contributed by atoms with Crippen LogP contribution in [0.2, 0.25) is 0 Å². The summed E-state index contributed by atoms with van der Waals surface area (Å²) in [5.41, 5.74) is 9.27. The highest BCUT2D eigenvalue weighted by Gasteiger charge is 2.51. The van der Waals surface area contributed by atoms with Crippen LogP contribution >= 0.6 is 0 Å². The number of rotatable bonds is 5. The van der Waals surface area contributed by atoms with Gasteiger partial charge in [0.1, 0.15) is 5.75 Å². The number of aliphatic hydroxyl groups excluding tert-OH is 1. The molecule has 0 radical (unpaired) electrons. The highest BCUT2D eigenvalue weighted by atomic mass is 16.5. The fourth-order valence-corrected chi connectivity index (χ4v) is 4.75. The lowest BCUT2D eigenvalue weighted by Gasteiger charge is -2.42. The van der Waals surface area contributed by atoms with Crippen LogP contribution in [-0.4, -0.2) is 46.9 Å². The molecule has 2 atom stereocenters. The molecule has 28 heavy (non-hydrogen) atoms. The summed E-state index contributed by atoms with van der Waals surface area (Å²) in [6.45, 7) is 2.02. The molecule has 2 aromatic rings. The number of fused-ring (bicyclic) bond motifs is 2. The van der Waals surface area contributed by atoms with Crippen molar-refractivity contribution in [2.75, 3.05) is 19.7 Å². The van der Waals surface area contributed by atoms with E-state index < -0.39 is 12.1 Å². The average molecular weight is 382 g/mol. The summed E-state index contributed by atoms with van der Waals surface area (Å²) in [7, 11) is 0. The van der Waals surface area contributed by atoms with Gasteiger partial charge in [0.05, 0.1) is 12.1 Å². The normalized spacial score (nSPS) is 23.5. The van der Waals surface area contributed by atoms with Gasteiger partial charge in [-0.15, -0.1) is 0 Å². The van der Waals surface area contributed by atoms with Crippen LogP contribution in [0.15, 0.2) is 48.5 Å². The van der Waals surface area contributed by atoms with Crippen LogP contribution < -0.4 is 10.5 Å². The van der Waals surface area contributed by atoms with E-state index in [9.17, 15) is 9.90 Å². The summed E-state index contributed by atoms with van der Waals surface area (Å²) in [4.78, 5) is 13.1. The molecule has 4 rings (SSSR count). The number of nitrogens with two attached hydrogens (primary N) is 1. The Labute approximate surface area is 164 Å². The first kappa shape index (κ1) is 18.9. The standard InChI is InChI=1S/C22H26N2O4/c23-20-16-6-2-3-7-17(16)22(21(20)27)9-11-24(12-10-22)13-15-5-1-4-8-18(15)28-14-19(25)26/h1-8,20-21,27H,9-14,23H2,(H,25,26)/t20-,21+/m1/s1. The fraction of sp³-hybridized carbons (Fsp3) is 0.409. The number of aliphatic carboxylic acids is 1. The SMILES string of the molecule is N[C@@H]1c2ccccc2C2(CCN(Cc3ccccc3OCC(=O)O)CC2)[C@H]1O. The van der Waals surface area contributed by atoms with Gasteiger partial charge in [-0.05, 0) is 43.1 Å². The molecular weight excluding hydrogens is 356 g/mol. The third kappa shape index (κ3) is 3.28. The largest absolute Gasteiger partial charge is 0.482 e. The Bertz CT molecular complexity index is 861. The van der Waals surface area contributed by atoms with Gasteiger partial charge in [-0.1, -0.05) is 42.5 Å². The summed E-state index contributed by atoms with van der Waals surface area (Å²) >= 11 is 0. The van der Waals surface area contributed by atoms with Crippen LogP contribution in [-0.2, 0) is 16.8 Å². The Morgan fingerprint density at radius 3 is 2.57 bits per heavy atom. The van der Waals surface area contributed by atoms with Crippen LogP contribution in [0.5, 0.6) is 5.75 Å². The zero-order chi connectivity index (χ0) is 19.7. The Kier molecular flexibility index (Phi) is 5.10. The second-order valence-corrected chi connectivity index (χ2v) is 7.78. The van der Waals surface area contributed by atoms with Crippen molar-refractivity contribution in [3.8, 4) is 5.75 Å². The van der Waals surface area contributed by atoms with Crippen LogP contribution in [0.3, 0.4) is 0 Å². The van der Waals surface area contributed by atoms with Gasteiger partial charge in [-0.25, -0.2) is 4.79 Å². The molecule has 2 aliphatic rings. The molecule has 0 bridgehead atoms. The van der Waals surface area contributed by atoms with Crippen molar-refractivity contribution >= 4 is 5.97 Å². The number of piperidine rings is 1. The lowest BCUT2D eigenvalue weighted by atomic mass is 9.72. The van der Waals surface area contributed by atoms with Crippen molar-refractivity contribution in [3.05, 3.63) is 65.2 Å². The van der Waals surface area contributed by atoms with Gasteiger partial charge in [-0.3, -0.25) is 4.90 Å². The number of hydrogen-bond donors (Lipinski definition) is 3. The predicted octanol–water partition coefficient (Wildman–Crippen LogP) is 2.06. The minimum atomic E-state index is -0.986. The highest BCUT2D eigenvalue weighted by molar-refractivity contribution is 5.68. The summed E-state index contributed by atoms with van der Waals surface area (Å²) in [6.07, 6.45) is 1.13. The molecule has 1 fully saturated rings. The maximum absolute atomic E-state index is 10.9. The van der Waals surface area contributed by atoms with Crippen molar-refractivity contribution in [1.29, 1.82) is 0 Å². The van der Waals surface area contributed by atoms with Gasteiger partial charge in [0.15, 0.2) is 6.61 Å². The molecule has 1 spiro atoms. The minimum Gasteiger partial charge on any atom is -0.482 e. The van der Waals surface area contributed by atoms with Crippen LogP contribution in [0.25, 0.3) is 0 Å². The van der Waals surface area contributed by atoms with Crippen molar-refractivity contribution < 1.29 is 19.7 Å². The molecule has 0 aromatic heterocycles. The molecule has 6 nitrogen and oxygen atoms in total. The summed E-state index contributed by atoms with van der Waals surface area (Å²) in [5, 5.41) is 19.8. The van der Waals surface area contributed by atoms with Gasteiger partial charge in [0.2, 0.25) is 0 Å². The van der Waals surface area contributed by atoms with E-state index in [-0.39, 0.29) is 18.1 Å². The van der Waals surface area contributed by atoms with Gasteiger partial charge in [0, 0.05) is 17.5 Å². The average Bonchev–Trinajstić information content (AvgIpc) is 2.91. The number of benzene rings is 2. The number of carboxylic acid groups (broad SMARTS) is 1. The van der Waals surface area contributed by atoms with E-state index in [0.29, 0.717) is 12.3 Å². The molecule has 6 heteroatoms. The minimum absolute atomic E-state index is 0.272. The Hall–Kier alpha value is -2.41. The second-order valence-electron chi connectivity index (χ2n) is 7.78. The number of para-hydroxylation sites is 1. The molecule has 148 valence electrons. The first-order valence-corrected chi connectivity index (χ1v) is 9.69. The molecule has 1 aliphatic heterocycles. The summed E-state index contributed by atoms with van der Waals surface area (Å²) in [5.74, 6) is -0.376. The first-order chi connectivity index (χ1) is 13.5. The van der Waals surface area contributed by atoms with Crippen molar-refractivity contribution in [1.82, 2.24) is 4.90 Å². The molecule has 0 amide bonds. The van der Waals surface area contributed by atoms with E-state index in [1.807, 2.05) is 36.4 Å². The number of nitrogens with zero attached hydrogens (tertiary/aromatic N) is 1. The molecule has 1 aliphatic carbocycles. The highest BCUT2D eigenvalue weighted by Crippen LogP contribution is 2.50. The lowest BCUT2D eigenvalue weighted by Crippen LogP contribution is -2.48. The molecular formula is C22H26N2O4. The zero-order valence-corrected chi connectivity index (χ0v) is 15.8. The van der Waals surface area contributed by atoms with E-state index in [2.05, 4.69) is 11.0 Å². The van der Waals surface area contributed by atoms with E-state index in [4.69, 9.17) is 15.6 Å². The lowest BCUT2D eigenvalue weighted by molar-refractivity contribution is -0.139. The van der Waals surface area contributed by atoms with Gasteiger partial charge < -0.3 is 20.7 Å². The van der Waals surface area contributed by atoms with Crippen LogP contribution in [0.4, 0.5) is 0 Å². The molecule has 1 heterocycles. The number of hydrogen-bond acceptors (Lipinski definition) is 5. The van der Waals surface area contributed by atoms with Crippen molar-refractivity contribution in [2.24, 2.45) is 5.73 Å². The maximum Gasteiger partial charge on any atom is 0.341 e. The van der Waals surface area contributed by atoms with E-state index in [0.717, 1.165) is 37.1 Å². The van der Waals surface area contributed by atoms with Crippen molar-refractivity contribution in [3.63, 3.8) is 0 Å². The Morgan fingerprint density at radius 1 is 1.14 bits per heavy atom. The van der Waals surface area contributed by atoms with E-state index in [1.54, 1.807) is 6.07 Å². The van der Waals surface area contributed by atoms with Crippen LogP contribution in [0, 0.1) is 0 Å². The topological polar surface area (TPSA) is 96.0 Å². The Balaban J connectivity index is 1.47. The van der Waals surface area contributed by atoms with E-state index >= 15 is 0 Å². The predicted molar refractivity (Wildman–Crippen MR) is 105 cm³/mol. The number of carbonyl (C=O) groups is 1. The number of aliphatic hydroxyl groups is 1. The molecule has 2 aromatic carbocycles. The second kappa shape index (κ2) is 7.54. The summed E-state index contributed by atoms with van der Waals surface area (Å²) in [6, 6.07) is 15.4. The molecule has 4 N–H and O–H groups in total. The van der Waals surface area contributed by atoms with Crippen LogP contribution in [0.1, 0.15) is 35.6 Å². The van der Waals surface area contributed by atoms with E-state index in [1.165, 1.54) is 5.56 Å². The molecule has 1 saturated heterocycles. The zero-order valence-electron chi connectivity index (χ0n) is 15.8. The maximum atomic E-state index is 10.9. The number of likely N-dealkylation sites (tertiary alicyclic amines) is 1. The monoisotopic (exact) mass is 382 g/mol. The quantitative estimate of drug-likeness (QED) is 0.733. The smallest absolute Gasteiger partial charge is 0.341 e. The third-order valence-corrected chi connectivity index (χ3v) is 6.23. The molecule has 0 unspecified atom stereocenters. The molecule has 0 saturated carbocycles. The van der Waals surface area contributed by atoms with Gasteiger partial charge >= 0.3 is 5.97 Å². The fourth-order valence-electron chi connectivity index (χ4n) is 4.75.